The van der Waals surface area contributed by atoms with Crippen LogP contribution in [0, 0.1) is 0 Å². The summed E-state index contributed by atoms with van der Waals surface area (Å²) < 4.78 is 12.5. The summed E-state index contributed by atoms with van der Waals surface area (Å²) in [6, 6.07) is 11.2. The van der Waals surface area contributed by atoms with E-state index >= 15 is 0 Å². The molecule has 1 heterocycles. The summed E-state index contributed by atoms with van der Waals surface area (Å²) in [6.07, 6.45) is 1.78. The number of carbonyl (C=O) groups is 1. The number of hydrogen-bond acceptors (Lipinski definition) is 4. The molecule has 1 fully saturated rings. The zero-order valence-electron chi connectivity index (χ0n) is 16.2. The first kappa shape index (κ1) is 21.6. The summed E-state index contributed by atoms with van der Waals surface area (Å²) >= 11 is 15.0. The quantitative estimate of drug-likeness (QED) is 0.411. The first-order chi connectivity index (χ1) is 13.8. The van der Waals surface area contributed by atoms with Crippen molar-refractivity contribution in [3.05, 3.63) is 62.7 Å². The van der Waals surface area contributed by atoms with Crippen molar-refractivity contribution >= 4 is 56.8 Å². The first-order valence-electron chi connectivity index (χ1n) is 8.93. The molecule has 29 heavy (non-hydrogen) atoms. The molecule has 1 saturated heterocycles. The van der Waals surface area contributed by atoms with E-state index < -0.39 is 0 Å². The van der Waals surface area contributed by atoms with Gasteiger partial charge in [0, 0.05) is 24.7 Å². The molecule has 8 heteroatoms. The number of hydrogen-bond donors (Lipinski definition) is 0. The van der Waals surface area contributed by atoms with Gasteiger partial charge in [-0.25, -0.2) is 0 Å². The number of rotatable bonds is 6. The molecule has 0 spiro atoms. The Bertz CT molecular complexity index is 996. The maximum atomic E-state index is 12.4. The Morgan fingerprint density at radius 3 is 2.52 bits per heavy atom. The van der Waals surface area contributed by atoms with E-state index in [0.29, 0.717) is 45.0 Å². The second-order valence-electron chi connectivity index (χ2n) is 6.38. The van der Waals surface area contributed by atoms with Gasteiger partial charge in [0.05, 0.1) is 11.1 Å². The molecule has 152 valence electrons. The number of likely N-dealkylation sites (N-methyl/N-ethyl adjacent to an activating group) is 2. The van der Waals surface area contributed by atoms with Gasteiger partial charge in [-0.1, -0.05) is 29.8 Å². The van der Waals surface area contributed by atoms with E-state index in [1.807, 2.05) is 43.3 Å². The fourth-order valence-electron chi connectivity index (χ4n) is 2.89. The molecule has 2 aromatic carbocycles. The average Bonchev–Trinajstić information content (AvgIpc) is 2.87. The lowest BCUT2D eigenvalue weighted by molar-refractivity contribution is -0.121. The van der Waals surface area contributed by atoms with Crippen molar-refractivity contribution in [2.45, 2.75) is 13.5 Å². The number of carbonyl (C=O) groups excluding carboxylic acids is 1. The molecule has 0 bridgehead atoms. The number of amides is 1. The molecule has 0 unspecified atom stereocenters. The Morgan fingerprint density at radius 2 is 1.90 bits per heavy atom. The van der Waals surface area contributed by atoms with Crippen molar-refractivity contribution in [2.24, 2.45) is 0 Å². The minimum Gasteiger partial charge on any atom is -0.490 e. The van der Waals surface area contributed by atoms with Crippen LogP contribution in [0.4, 0.5) is 0 Å². The molecule has 1 aliphatic rings. The van der Waals surface area contributed by atoms with Gasteiger partial charge in [0.25, 0.3) is 5.91 Å². The Kier molecular flexibility index (Phi) is 6.82. The second-order valence-corrected chi connectivity index (χ2v) is 8.01. The van der Waals surface area contributed by atoms with Crippen molar-refractivity contribution in [1.29, 1.82) is 0 Å². The third-order valence-electron chi connectivity index (χ3n) is 4.42. The van der Waals surface area contributed by atoms with E-state index in [1.54, 1.807) is 25.1 Å². The largest absolute Gasteiger partial charge is 0.490 e. The number of ether oxygens (including phenoxy) is 2. The van der Waals surface area contributed by atoms with Gasteiger partial charge >= 0.3 is 0 Å². The monoisotopic (exact) mass is 494 g/mol. The van der Waals surface area contributed by atoms with E-state index in [1.165, 1.54) is 4.90 Å². The predicted octanol–water partition coefficient (Wildman–Crippen LogP) is 5.11. The van der Waals surface area contributed by atoms with Crippen LogP contribution < -0.4 is 9.47 Å². The van der Waals surface area contributed by atoms with E-state index in [-0.39, 0.29) is 5.91 Å². The van der Waals surface area contributed by atoms with Gasteiger partial charge in [0.2, 0.25) is 0 Å². The number of thiocarbonyl (C=S) groups is 1. The smallest absolute Gasteiger partial charge is 0.276 e. The Labute approximate surface area is 189 Å². The average molecular weight is 496 g/mol. The molecule has 0 N–H and O–H groups in total. The fourth-order valence-corrected chi connectivity index (χ4v) is 3.83. The van der Waals surface area contributed by atoms with Gasteiger partial charge in [-0.3, -0.25) is 9.69 Å². The first-order valence-corrected chi connectivity index (χ1v) is 10.5. The molecule has 0 atom stereocenters. The van der Waals surface area contributed by atoms with Crippen molar-refractivity contribution in [3.63, 3.8) is 0 Å². The van der Waals surface area contributed by atoms with Gasteiger partial charge in [-0.2, -0.15) is 0 Å². The third kappa shape index (κ3) is 4.57. The molecule has 1 aliphatic heterocycles. The normalized spacial score (nSPS) is 15.4. The van der Waals surface area contributed by atoms with Gasteiger partial charge in [0.15, 0.2) is 16.6 Å². The van der Waals surface area contributed by atoms with Gasteiger partial charge in [0.1, 0.15) is 12.3 Å². The van der Waals surface area contributed by atoms with Crippen LogP contribution in [-0.2, 0) is 11.4 Å². The Balaban J connectivity index is 1.92. The SMILES string of the molecule is CCOc1cc(/C=C2/C(=O)N(C)C(=S)N2C)cc(Br)c1OCc1ccccc1Cl. The van der Waals surface area contributed by atoms with Crippen molar-refractivity contribution in [2.75, 3.05) is 20.7 Å². The standard InChI is InChI=1S/C21H20BrClN2O3S/c1-4-27-18-11-13(10-17-20(26)25(3)21(29)24(17)2)9-15(22)19(18)28-12-14-7-5-6-8-16(14)23/h5-11H,4,12H2,1-3H3/b17-10-. The Hall–Kier alpha value is -2.09. The highest BCUT2D eigenvalue weighted by Crippen LogP contribution is 2.38. The summed E-state index contributed by atoms with van der Waals surface area (Å²) in [5.74, 6) is 1.00. The summed E-state index contributed by atoms with van der Waals surface area (Å²) in [5, 5.41) is 1.11. The van der Waals surface area contributed by atoms with Crippen molar-refractivity contribution < 1.29 is 14.3 Å². The second kappa shape index (κ2) is 9.15. The van der Waals surface area contributed by atoms with Gasteiger partial charge < -0.3 is 14.4 Å². The molecule has 2 aromatic rings. The number of nitrogens with zero attached hydrogens (tertiary/aromatic N) is 2. The molecular formula is C21H20BrClN2O3S. The lowest BCUT2D eigenvalue weighted by Crippen LogP contribution is -2.26. The van der Waals surface area contributed by atoms with Gasteiger partial charge in [-0.15, -0.1) is 0 Å². The van der Waals surface area contributed by atoms with Crippen LogP contribution in [0.25, 0.3) is 6.08 Å². The van der Waals surface area contributed by atoms with Crippen molar-refractivity contribution in [1.82, 2.24) is 9.80 Å². The Morgan fingerprint density at radius 1 is 1.17 bits per heavy atom. The topological polar surface area (TPSA) is 42.0 Å². The molecule has 0 radical (unpaired) electrons. The highest BCUT2D eigenvalue weighted by Gasteiger charge is 2.32. The van der Waals surface area contributed by atoms with Crippen LogP contribution in [-0.4, -0.2) is 41.5 Å². The van der Waals surface area contributed by atoms with E-state index in [0.717, 1.165) is 11.1 Å². The summed E-state index contributed by atoms with van der Waals surface area (Å²) in [5.41, 5.74) is 2.17. The zero-order chi connectivity index (χ0) is 21.1. The minimum absolute atomic E-state index is 0.148. The van der Waals surface area contributed by atoms with Crippen LogP contribution >= 0.6 is 39.7 Å². The van der Waals surface area contributed by atoms with Crippen LogP contribution in [0.15, 0.2) is 46.6 Å². The van der Waals surface area contributed by atoms with E-state index in [4.69, 9.17) is 33.3 Å². The van der Waals surface area contributed by atoms with E-state index in [9.17, 15) is 4.79 Å². The summed E-state index contributed by atoms with van der Waals surface area (Å²) in [6.45, 7) is 2.68. The fraction of sp³-hybridized carbons (Fsp3) is 0.238. The molecule has 1 amide bonds. The van der Waals surface area contributed by atoms with Crippen LogP contribution in [0.2, 0.25) is 5.02 Å². The lowest BCUT2D eigenvalue weighted by Gasteiger charge is -2.16. The summed E-state index contributed by atoms with van der Waals surface area (Å²) in [4.78, 5) is 15.6. The number of benzene rings is 2. The molecule has 0 aromatic heterocycles. The minimum atomic E-state index is -0.148. The van der Waals surface area contributed by atoms with Gasteiger partial charge in [-0.05, 0) is 64.9 Å². The third-order valence-corrected chi connectivity index (χ3v) is 5.93. The molecular weight excluding hydrogens is 476 g/mol. The lowest BCUT2D eigenvalue weighted by atomic mass is 10.1. The molecule has 0 saturated carbocycles. The summed E-state index contributed by atoms with van der Waals surface area (Å²) in [7, 11) is 3.43. The highest BCUT2D eigenvalue weighted by molar-refractivity contribution is 9.10. The van der Waals surface area contributed by atoms with Crippen LogP contribution in [0.1, 0.15) is 18.1 Å². The zero-order valence-corrected chi connectivity index (χ0v) is 19.4. The van der Waals surface area contributed by atoms with Crippen LogP contribution in [0.3, 0.4) is 0 Å². The van der Waals surface area contributed by atoms with Crippen LogP contribution in [0.5, 0.6) is 11.5 Å². The maximum Gasteiger partial charge on any atom is 0.276 e. The maximum absolute atomic E-state index is 12.4. The predicted molar refractivity (Wildman–Crippen MR) is 122 cm³/mol. The molecule has 5 nitrogen and oxygen atoms in total. The number of halogens is 2. The van der Waals surface area contributed by atoms with E-state index in [2.05, 4.69) is 15.9 Å². The van der Waals surface area contributed by atoms with Crippen molar-refractivity contribution in [3.8, 4) is 11.5 Å². The highest BCUT2D eigenvalue weighted by atomic mass is 79.9. The molecule has 3 rings (SSSR count). The molecule has 0 aliphatic carbocycles.